The Kier molecular flexibility index (Phi) is 2.94. The summed E-state index contributed by atoms with van der Waals surface area (Å²) in [5, 5.41) is 0. The highest BCUT2D eigenvalue weighted by Gasteiger charge is 2.78. The molecule has 3 aliphatic heterocycles. The van der Waals surface area contributed by atoms with E-state index in [2.05, 4.69) is 27.7 Å². The molecule has 2 saturated carbocycles. The van der Waals surface area contributed by atoms with Gasteiger partial charge in [-0.25, -0.2) is 0 Å². The number of cyclic esters (lactones) is 1. The van der Waals surface area contributed by atoms with Crippen molar-refractivity contribution in [3.8, 4) is 0 Å². The Morgan fingerprint density at radius 2 is 1.76 bits per heavy atom. The molecule has 3 saturated heterocycles. The quantitative estimate of drug-likeness (QED) is 0.377. The van der Waals surface area contributed by atoms with Crippen molar-refractivity contribution in [2.45, 2.75) is 77.0 Å². The summed E-state index contributed by atoms with van der Waals surface area (Å²) in [4.78, 5) is 24.3. The zero-order chi connectivity index (χ0) is 17.8. The summed E-state index contributed by atoms with van der Waals surface area (Å²) in [6.45, 7) is 8.93. The molecule has 9 atom stereocenters. The Morgan fingerprint density at radius 3 is 2.52 bits per heavy atom. The average Bonchev–Trinajstić information content (AvgIpc) is 3.18. The molecule has 7 unspecified atom stereocenters. The molecule has 6 nitrogen and oxygen atoms in total. The van der Waals surface area contributed by atoms with E-state index in [0.29, 0.717) is 5.92 Å². The third kappa shape index (κ3) is 1.78. The zero-order valence-corrected chi connectivity index (χ0v) is 15.2. The lowest BCUT2D eigenvalue weighted by Gasteiger charge is -2.57. The van der Waals surface area contributed by atoms with Gasteiger partial charge in [-0.1, -0.05) is 20.8 Å². The van der Waals surface area contributed by atoms with Crippen LogP contribution in [0.25, 0.3) is 0 Å². The molecule has 2 bridgehead atoms. The van der Waals surface area contributed by atoms with Gasteiger partial charge in [0, 0.05) is 16.7 Å². The molecule has 0 aromatic heterocycles. The number of ether oxygens (including phenoxy) is 4. The number of hydrogen-bond acceptors (Lipinski definition) is 6. The monoisotopic (exact) mass is 350 g/mol. The van der Waals surface area contributed by atoms with E-state index in [0.717, 1.165) is 12.8 Å². The molecular formula is C19H26O6. The Hall–Kier alpha value is -1.14. The molecule has 3 heterocycles. The van der Waals surface area contributed by atoms with Gasteiger partial charge in [0.1, 0.15) is 25.2 Å². The molecule has 6 heteroatoms. The first-order chi connectivity index (χ1) is 11.7. The SMILES string of the molecule is CC1C2C[C@]3(C)[C@@H]1OC(=O)CC(=O)OCC31CC(C)C3(C)OC3C1O2. The molecule has 25 heavy (non-hydrogen) atoms. The third-order valence-corrected chi connectivity index (χ3v) is 8.17. The first-order valence-corrected chi connectivity index (χ1v) is 9.40. The summed E-state index contributed by atoms with van der Waals surface area (Å²) in [6, 6.07) is 0. The van der Waals surface area contributed by atoms with Gasteiger partial charge in [0.25, 0.3) is 0 Å². The van der Waals surface area contributed by atoms with Crippen LogP contribution in [0.15, 0.2) is 0 Å². The van der Waals surface area contributed by atoms with Crippen LogP contribution in [0.3, 0.4) is 0 Å². The number of rotatable bonds is 0. The van der Waals surface area contributed by atoms with Gasteiger partial charge < -0.3 is 18.9 Å². The first-order valence-electron chi connectivity index (χ1n) is 9.40. The van der Waals surface area contributed by atoms with E-state index < -0.39 is 11.9 Å². The number of carbonyl (C=O) groups is 2. The fourth-order valence-electron chi connectivity index (χ4n) is 6.36. The number of epoxide rings is 1. The molecule has 0 amide bonds. The molecule has 0 N–H and O–H groups in total. The molecule has 2 aliphatic carbocycles. The zero-order valence-electron chi connectivity index (χ0n) is 15.2. The van der Waals surface area contributed by atoms with Gasteiger partial charge in [-0.2, -0.15) is 0 Å². The van der Waals surface area contributed by atoms with Crippen LogP contribution < -0.4 is 0 Å². The second-order valence-electron chi connectivity index (χ2n) is 9.31. The van der Waals surface area contributed by atoms with Crippen LogP contribution in [-0.2, 0) is 28.5 Å². The molecule has 0 aromatic carbocycles. The summed E-state index contributed by atoms with van der Waals surface area (Å²) in [5.74, 6) is -0.558. The Labute approximate surface area is 147 Å². The van der Waals surface area contributed by atoms with Crippen molar-refractivity contribution < 1.29 is 28.5 Å². The van der Waals surface area contributed by atoms with E-state index in [1.54, 1.807) is 0 Å². The predicted octanol–water partition coefficient (Wildman–Crippen LogP) is 1.84. The Balaban J connectivity index is 1.65. The summed E-state index contributed by atoms with van der Waals surface area (Å²) in [5.41, 5.74) is -0.804. The molecule has 138 valence electrons. The lowest BCUT2D eigenvalue weighted by molar-refractivity contribution is -0.223. The van der Waals surface area contributed by atoms with E-state index in [1.807, 2.05) is 0 Å². The van der Waals surface area contributed by atoms with Crippen molar-refractivity contribution in [1.82, 2.24) is 0 Å². The molecule has 0 aromatic rings. The van der Waals surface area contributed by atoms with Crippen LogP contribution >= 0.6 is 0 Å². The van der Waals surface area contributed by atoms with Gasteiger partial charge in [0.15, 0.2) is 0 Å². The average molecular weight is 350 g/mol. The van der Waals surface area contributed by atoms with Crippen molar-refractivity contribution in [1.29, 1.82) is 0 Å². The maximum absolute atomic E-state index is 12.2. The van der Waals surface area contributed by atoms with E-state index in [9.17, 15) is 9.59 Å². The Morgan fingerprint density at radius 1 is 1.00 bits per heavy atom. The number of fused-ring (bicyclic) bond motifs is 3. The first kappa shape index (κ1) is 16.1. The normalized spacial score (nSPS) is 59.5. The van der Waals surface area contributed by atoms with E-state index in [1.165, 1.54) is 0 Å². The minimum Gasteiger partial charge on any atom is -0.465 e. The standard InChI is InChI=1S/C19H26O6/c1-9-6-19-8-22-12(20)5-13(21)24-14-10(2)11(7-17(14,19)3)23-16(19)15-18(9,4)25-15/h9-11,14-16H,5-8H2,1-4H3/t9?,10?,11?,14-,15?,16?,17-,18?,19?/m1/s1. The molecule has 0 radical (unpaired) electrons. The lowest BCUT2D eigenvalue weighted by atomic mass is 9.51. The van der Waals surface area contributed by atoms with Crippen LogP contribution in [0.5, 0.6) is 0 Å². The largest absolute Gasteiger partial charge is 0.465 e. The minimum atomic E-state index is -0.505. The van der Waals surface area contributed by atoms with Crippen LogP contribution in [0, 0.1) is 22.7 Å². The predicted molar refractivity (Wildman–Crippen MR) is 85.5 cm³/mol. The highest BCUT2D eigenvalue weighted by molar-refractivity contribution is 5.91. The second kappa shape index (κ2) is 4.58. The van der Waals surface area contributed by atoms with Gasteiger partial charge in [-0.15, -0.1) is 0 Å². The summed E-state index contributed by atoms with van der Waals surface area (Å²) < 4.78 is 24.1. The van der Waals surface area contributed by atoms with Gasteiger partial charge in [-0.3, -0.25) is 9.59 Å². The lowest BCUT2D eigenvalue weighted by Crippen LogP contribution is -2.64. The van der Waals surface area contributed by atoms with Crippen LogP contribution in [-0.4, -0.2) is 48.6 Å². The van der Waals surface area contributed by atoms with Crippen molar-refractivity contribution >= 4 is 11.9 Å². The topological polar surface area (TPSA) is 74.4 Å². The summed E-state index contributed by atoms with van der Waals surface area (Å²) >= 11 is 0. The highest BCUT2D eigenvalue weighted by Crippen LogP contribution is 2.70. The van der Waals surface area contributed by atoms with E-state index in [4.69, 9.17) is 18.9 Å². The van der Waals surface area contributed by atoms with Crippen molar-refractivity contribution in [2.75, 3.05) is 6.61 Å². The van der Waals surface area contributed by atoms with Crippen LogP contribution in [0.4, 0.5) is 0 Å². The number of hydrogen-bond donors (Lipinski definition) is 0. The minimum absolute atomic E-state index is 0.0273. The summed E-state index contributed by atoms with van der Waals surface area (Å²) in [6.07, 6.45) is 1.09. The van der Waals surface area contributed by atoms with Crippen LogP contribution in [0.2, 0.25) is 0 Å². The Bertz CT molecular complexity index is 662. The van der Waals surface area contributed by atoms with Crippen molar-refractivity contribution in [3.63, 3.8) is 0 Å². The molecule has 5 aliphatic rings. The van der Waals surface area contributed by atoms with E-state index >= 15 is 0 Å². The van der Waals surface area contributed by atoms with Gasteiger partial charge in [0.2, 0.25) is 0 Å². The third-order valence-electron chi connectivity index (χ3n) is 8.17. The van der Waals surface area contributed by atoms with Gasteiger partial charge in [-0.05, 0) is 25.7 Å². The number of esters is 2. The van der Waals surface area contributed by atoms with Crippen LogP contribution in [0.1, 0.15) is 47.0 Å². The van der Waals surface area contributed by atoms with Crippen molar-refractivity contribution in [3.05, 3.63) is 0 Å². The highest BCUT2D eigenvalue weighted by atomic mass is 16.6. The molecule has 5 rings (SSSR count). The molecular weight excluding hydrogens is 324 g/mol. The maximum Gasteiger partial charge on any atom is 0.317 e. The van der Waals surface area contributed by atoms with Crippen molar-refractivity contribution in [2.24, 2.45) is 22.7 Å². The smallest absolute Gasteiger partial charge is 0.317 e. The van der Waals surface area contributed by atoms with Gasteiger partial charge >= 0.3 is 11.9 Å². The molecule has 1 spiro atoms. The second-order valence-corrected chi connectivity index (χ2v) is 9.31. The fourth-order valence-corrected chi connectivity index (χ4v) is 6.36. The van der Waals surface area contributed by atoms with Gasteiger partial charge in [0.05, 0.1) is 17.8 Å². The molecule has 5 fully saturated rings. The fraction of sp³-hybridized carbons (Fsp3) is 0.895. The maximum atomic E-state index is 12.2. The van der Waals surface area contributed by atoms with E-state index in [-0.39, 0.29) is 59.8 Å². The summed E-state index contributed by atoms with van der Waals surface area (Å²) in [7, 11) is 0. The number of carbonyl (C=O) groups excluding carboxylic acids is 2.